The third-order valence-electron chi connectivity index (χ3n) is 3.41. The molecule has 0 fully saturated rings. The molecule has 3 aromatic rings. The first-order chi connectivity index (χ1) is 10.6. The summed E-state index contributed by atoms with van der Waals surface area (Å²) >= 11 is 0. The number of anilines is 1. The van der Waals surface area contributed by atoms with Crippen LogP contribution in [-0.4, -0.2) is 15.9 Å². The number of aromatic nitrogens is 2. The number of carbonyl (C=O) groups excluding carboxylic acids is 1. The van der Waals surface area contributed by atoms with Gasteiger partial charge in [-0.2, -0.15) is 0 Å². The van der Waals surface area contributed by atoms with Gasteiger partial charge in [-0.25, -0.2) is 9.97 Å². The molecule has 0 saturated heterocycles. The number of rotatable bonds is 3. The van der Waals surface area contributed by atoms with E-state index in [9.17, 15) is 4.79 Å². The maximum Gasteiger partial charge on any atom is 0.231 e. The highest BCUT2D eigenvalue weighted by atomic mass is 16.1. The fourth-order valence-electron chi connectivity index (χ4n) is 2.48. The molecule has 1 N–H and O–H groups in total. The molecule has 0 atom stereocenters. The Balaban J connectivity index is 1.75. The molecule has 0 saturated carbocycles. The lowest BCUT2D eigenvalue weighted by Gasteiger charge is -2.06. The molecule has 0 spiro atoms. The summed E-state index contributed by atoms with van der Waals surface area (Å²) < 4.78 is 0. The van der Waals surface area contributed by atoms with Gasteiger partial charge in [0, 0.05) is 11.4 Å². The summed E-state index contributed by atoms with van der Waals surface area (Å²) in [7, 11) is 0. The summed E-state index contributed by atoms with van der Waals surface area (Å²) in [4.78, 5) is 20.6. The smallest absolute Gasteiger partial charge is 0.231 e. The molecule has 1 aromatic heterocycles. The Labute approximate surface area is 129 Å². The Morgan fingerprint density at radius 3 is 2.36 bits per heavy atom. The van der Waals surface area contributed by atoms with Gasteiger partial charge < -0.3 is 0 Å². The molecule has 0 aliphatic rings. The van der Waals surface area contributed by atoms with Gasteiger partial charge in [-0.3, -0.25) is 10.1 Å². The average Bonchev–Trinajstić information content (AvgIpc) is 2.45. The number of fused-ring (bicyclic) bond motifs is 1. The van der Waals surface area contributed by atoms with E-state index in [2.05, 4.69) is 21.4 Å². The minimum absolute atomic E-state index is 0.111. The number of aryl methyl sites for hydroxylation is 2. The number of hydrogen-bond acceptors (Lipinski definition) is 3. The van der Waals surface area contributed by atoms with E-state index in [0.29, 0.717) is 12.4 Å². The third kappa shape index (κ3) is 3.28. The van der Waals surface area contributed by atoms with Gasteiger partial charge in [-0.1, -0.05) is 42.5 Å². The van der Waals surface area contributed by atoms with Crippen LogP contribution in [0.2, 0.25) is 0 Å². The van der Waals surface area contributed by atoms with Crippen molar-refractivity contribution in [2.45, 2.75) is 20.3 Å². The molecular weight excluding hydrogens is 274 g/mol. The molecule has 0 aliphatic heterocycles. The van der Waals surface area contributed by atoms with E-state index in [0.717, 1.165) is 22.3 Å². The molecule has 1 amide bonds. The van der Waals surface area contributed by atoms with E-state index < -0.39 is 0 Å². The Bertz CT molecular complexity index is 822. The summed E-state index contributed by atoms with van der Waals surface area (Å²) in [5.74, 6) is 0.253. The van der Waals surface area contributed by atoms with Crippen molar-refractivity contribution >= 4 is 22.6 Å². The van der Waals surface area contributed by atoms with Gasteiger partial charge in [0.15, 0.2) is 0 Å². The van der Waals surface area contributed by atoms with Crippen LogP contribution in [0.25, 0.3) is 10.8 Å². The Morgan fingerprint density at radius 2 is 1.64 bits per heavy atom. The van der Waals surface area contributed by atoms with Gasteiger partial charge in [0.05, 0.1) is 6.42 Å². The highest BCUT2D eigenvalue weighted by Crippen LogP contribution is 2.16. The second kappa shape index (κ2) is 5.93. The van der Waals surface area contributed by atoms with Crippen LogP contribution in [0.5, 0.6) is 0 Å². The fraction of sp³-hybridized carbons (Fsp3) is 0.167. The molecule has 0 bridgehead atoms. The quantitative estimate of drug-likeness (QED) is 0.804. The fourth-order valence-corrected chi connectivity index (χ4v) is 2.48. The molecule has 0 aliphatic carbocycles. The zero-order valence-electron chi connectivity index (χ0n) is 12.6. The molecule has 2 aromatic carbocycles. The van der Waals surface area contributed by atoms with Gasteiger partial charge in [0.25, 0.3) is 0 Å². The summed E-state index contributed by atoms with van der Waals surface area (Å²) in [5, 5.41) is 5.06. The predicted octanol–water partition coefficient (Wildman–Crippen LogP) is 3.43. The first-order valence-corrected chi connectivity index (χ1v) is 7.20. The van der Waals surface area contributed by atoms with Gasteiger partial charge in [-0.05, 0) is 36.2 Å². The van der Waals surface area contributed by atoms with Crippen LogP contribution in [-0.2, 0) is 11.2 Å². The summed E-state index contributed by atoms with van der Waals surface area (Å²) in [5.41, 5.74) is 2.66. The first kappa shape index (κ1) is 14.2. The van der Waals surface area contributed by atoms with Crippen molar-refractivity contribution in [3.63, 3.8) is 0 Å². The lowest BCUT2D eigenvalue weighted by Crippen LogP contribution is -2.17. The summed E-state index contributed by atoms with van der Waals surface area (Å²) in [6, 6.07) is 16.0. The molecule has 3 rings (SSSR count). The maximum atomic E-state index is 12.1. The van der Waals surface area contributed by atoms with Crippen molar-refractivity contribution in [1.29, 1.82) is 0 Å². The molecule has 1 heterocycles. The zero-order valence-corrected chi connectivity index (χ0v) is 12.6. The first-order valence-electron chi connectivity index (χ1n) is 7.20. The molecule has 110 valence electrons. The van der Waals surface area contributed by atoms with E-state index in [1.165, 1.54) is 5.39 Å². The minimum Gasteiger partial charge on any atom is -0.294 e. The monoisotopic (exact) mass is 291 g/mol. The lowest BCUT2D eigenvalue weighted by molar-refractivity contribution is -0.115. The standard InChI is InChI=1S/C18H17N3O/c1-12-9-13(2)20-18(19-12)21-17(22)11-14-7-8-15-5-3-4-6-16(15)10-14/h3-10H,11H2,1-2H3,(H,19,20,21,22). The molecule has 0 radical (unpaired) electrons. The van der Waals surface area contributed by atoms with Crippen LogP contribution in [0.4, 0.5) is 5.95 Å². The topological polar surface area (TPSA) is 54.9 Å². The van der Waals surface area contributed by atoms with Crippen LogP contribution in [0, 0.1) is 13.8 Å². The predicted molar refractivity (Wildman–Crippen MR) is 87.8 cm³/mol. The Morgan fingerprint density at radius 1 is 0.955 bits per heavy atom. The number of carbonyl (C=O) groups is 1. The molecule has 4 heteroatoms. The van der Waals surface area contributed by atoms with Crippen LogP contribution in [0.3, 0.4) is 0 Å². The third-order valence-corrected chi connectivity index (χ3v) is 3.41. The van der Waals surface area contributed by atoms with Crippen molar-refractivity contribution < 1.29 is 4.79 Å². The number of benzene rings is 2. The highest BCUT2D eigenvalue weighted by Gasteiger charge is 2.07. The number of hydrogen-bond donors (Lipinski definition) is 1. The van der Waals surface area contributed by atoms with E-state index in [1.807, 2.05) is 56.3 Å². The van der Waals surface area contributed by atoms with Gasteiger partial charge >= 0.3 is 0 Å². The van der Waals surface area contributed by atoms with E-state index in [-0.39, 0.29) is 5.91 Å². The second-order valence-electron chi connectivity index (χ2n) is 5.38. The average molecular weight is 291 g/mol. The van der Waals surface area contributed by atoms with Crippen LogP contribution >= 0.6 is 0 Å². The minimum atomic E-state index is -0.111. The molecule has 4 nitrogen and oxygen atoms in total. The Kier molecular flexibility index (Phi) is 3.83. The van der Waals surface area contributed by atoms with Crippen LogP contribution < -0.4 is 5.32 Å². The van der Waals surface area contributed by atoms with Gasteiger partial charge in [0.2, 0.25) is 11.9 Å². The summed E-state index contributed by atoms with van der Waals surface area (Å²) in [6.45, 7) is 3.77. The summed E-state index contributed by atoms with van der Waals surface area (Å²) in [6.07, 6.45) is 0.307. The van der Waals surface area contributed by atoms with Crippen molar-refractivity contribution in [3.05, 3.63) is 65.5 Å². The second-order valence-corrected chi connectivity index (χ2v) is 5.38. The molecule has 22 heavy (non-hydrogen) atoms. The van der Waals surface area contributed by atoms with E-state index in [4.69, 9.17) is 0 Å². The molecular formula is C18H17N3O. The lowest BCUT2D eigenvalue weighted by atomic mass is 10.1. The Hall–Kier alpha value is -2.75. The van der Waals surface area contributed by atoms with Crippen molar-refractivity contribution in [2.75, 3.05) is 5.32 Å². The SMILES string of the molecule is Cc1cc(C)nc(NC(=O)Cc2ccc3ccccc3c2)n1. The number of amides is 1. The van der Waals surface area contributed by atoms with Crippen molar-refractivity contribution in [1.82, 2.24) is 9.97 Å². The zero-order chi connectivity index (χ0) is 15.5. The normalized spacial score (nSPS) is 10.6. The van der Waals surface area contributed by atoms with Crippen LogP contribution in [0.15, 0.2) is 48.5 Å². The van der Waals surface area contributed by atoms with E-state index in [1.54, 1.807) is 0 Å². The number of nitrogens with one attached hydrogen (secondary N) is 1. The number of nitrogens with zero attached hydrogens (tertiary/aromatic N) is 2. The largest absolute Gasteiger partial charge is 0.294 e. The maximum absolute atomic E-state index is 12.1. The van der Waals surface area contributed by atoms with Gasteiger partial charge in [-0.15, -0.1) is 0 Å². The van der Waals surface area contributed by atoms with Crippen molar-refractivity contribution in [2.24, 2.45) is 0 Å². The highest BCUT2D eigenvalue weighted by molar-refractivity contribution is 5.92. The van der Waals surface area contributed by atoms with Crippen LogP contribution in [0.1, 0.15) is 17.0 Å². The van der Waals surface area contributed by atoms with Crippen molar-refractivity contribution in [3.8, 4) is 0 Å². The van der Waals surface area contributed by atoms with E-state index >= 15 is 0 Å². The molecule has 0 unspecified atom stereocenters. The van der Waals surface area contributed by atoms with Gasteiger partial charge in [0.1, 0.15) is 0 Å².